The van der Waals surface area contributed by atoms with Gasteiger partial charge in [-0.05, 0) is 48.4 Å². The molecule has 1 aliphatic heterocycles. The Morgan fingerprint density at radius 2 is 1.66 bits per heavy atom. The van der Waals surface area contributed by atoms with Gasteiger partial charge in [-0.1, -0.05) is 42.5 Å². The van der Waals surface area contributed by atoms with E-state index in [-0.39, 0.29) is 23.6 Å². The molecule has 1 saturated heterocycles. The lowest BCUT2D eigenvalue weighted by molar-refractivity contribution is -0.143. The second-order valence-electron chi connectivity index (χ2n) is 8.92. The van der Waals surface area contributed by atoms with E-state index >= 15 is 0 Å². The van der Waals surface area contributed by atoms with Gasteiger partial charge < -0.3 is 14.8 Å². The van der Waals surface area contributed by atoms with E-state index in [1.54, 1.807) is 18.2 Å². The molecule has 0 atom stereocenters. The molecule has 0 aromatic heterocycles. The van der Waals surface area contributed by atoms with Crippen molar-refractivity contribution in [3.8, 4) is 11.5 Å². The molecule has 3 aromatic rings. The maximum atomic E-state index is 13.5. The largest absolute Gasteiger partial charge is 0.493 e. The minimum Gasteiger partial charge on any atom is -0.493 e. The lowest BCUT2D eigenvalue weighted by Crippen LogP contribution is -2.30. The van der Waals surface area contributed by atoms with Crippen LogP contribution in [0.1, 0.15) is 34.7 Å². The fourth-order valence-corrected chi connectivity index (χ4v) is 4.15. The van der Waals surface area contributed by atoms with Gasteiger partial charge in [0, 0.05) is 12.1 Å². The highest BCUT2D eigenvalue weighted by Gasteiger charge is 2.38. The Kier molecular flexibility index (Phi) is 8.60. The number of hydrogen-bond acceptors (Lipinski definition) is 4. The fraction of sp³-hybridized carbons (Fsp3) is 0.241. The number of methoxy groups -OCH3 is 1. The molecule has 3 aromatic carbocycles. The van der Waals surface area contributed by atoms with E-state index in [2.05, 4.69) is 10.3 Å². The van der Waals surface area contributed by atoms with Crippen molar-refractivity contribution in [2.45, 2.75) is 32.4 Å². The van der Waals surface area contributed by atoms with Gasteiger partial charge in [-0.15, -0.1) is 0 Å². The summed E-state index contributed by atoms with van der Waals surface area (Å²) in [6.45, 7) is 1.90. The third kappa shape index (κ3) is 7.00. The molecule has 0 spiro atoms. The topological polar surface area (TPSA) is 63.2 Å². The number of aliphatic imine (C=N–C) groups is 1. The Balaban J connectivity index is 1.58. The Labute approximate surface area is 231 Å². The average Bonchev–Trinajstić information content (AvgIpc) is 3.23. The number of urea groups is 1. The molecule has 41 heavy (non-hydrogen) atoms. The summed E-state index contributed by atoms with van der Waals surface area (Å²) in [5.74, 6) is 0.688. The number of nitrogens with one attached hydrogen (secondary N) is 1. The van der Waals surface area contributed by atoms with Crippen molar-refractivity contribution in [3.63, 3.8) is 0 Å². The van der Waals surface area contributed by atoms with Gasteiger partial charge in [-0.2, -0.15) is 26.3 Å². The van der Waals surface area contributed by atoms with Gasteiger partial charge >= 0.3 is 18.4 Å². The summed E-state index contributed by atoms with van der Waals surface area (Å²) in [5, 5.41) is 2.78. The van der Waals surface area contributed by atoms with Crippen LogP contribution in [0.2, 0.25) is 0 Å². The van der Waals surface area contributed by atoms with E-state index in [4.69, 9.17) is 9.47 Å². The number of benzene rings is 3. The van der Waals surface area contributed by atoms with Gasteiger partial charge in [-0.25, -0.2) is 4.79 Å². The minimum atomic E-state index is -5.02. The number of rotatable bonds is 8. The van der Waals surface area contributed by atoms with Gasteiger partial charge in [0.15, 0.2) is 17.3 Å². The molecule has 0 saturated carbocycles. The van der Waals surface area contributed by atoms with Crippen LogP contribution in [0.15, 0.2) is 77.4 Å². The van der Waals surface area contributed by atoms with E-state index < -0.39 is 35.6 Å². The first kappa shape index (κ1) is 29.5. The molecule has 0 aliphatic carbocycles. The van der Waals surface area contributed by atoms with E-state index in [1.165, 1.54) is 18.1 Å². The van der Waals surface area contributed by atoms with Crippen LogP contribution in [-0.2, 0) is 25.5 Å². The highest BCUT2D eigenvalue weighted by molar-refractivity contribution is 6.16. The minimum absolute atomic E-state index is 0.0671. The highest BCUT2D eigenvalue weighted by atomic mass is 19.4. The SMILES string of the molecule is CCN1C(=O)NC(=Cc2ccc(OCc3ccc(C(F)(F)F)cc3C(F)(F)F)c(OC)c2)C1=NCc1ccccc1. The molecule has 1 heterocycles. The number of carbonyl (C=O) groups excluding carboxylic acids is 1. The number of alkyl halides is 6. The summed E-state index contributed by atoms with van der Waals surface area (Å²) >= 11 is 0. The maximum absolute atomic E-state index is 13.5. The van der Waals surface area contributed by atoms with Crippen LogP contribution in [0, 0.1) is 0 Å². The van der Waals surface area contributed by atoms with Crippen molar-refractivity contribution < 1.29 is 40.6 Å². The summed E-state index contributed by atoms with van der Waals surface area (Å²) < 4.78 is 90.3. The van der Waals surface area contributed by atoms with Crippen molar-refractivity contribution in [2.24, 2.45) is 4.99 Å². The van der Waals surface area contributed by atoms with Crippen LogP contribution in [0.4, 0.5) is 31.1 Å². The van der Waals surface area contributed by atoms with Gasteiger partial charge in [-0.3, -0.25) is 9.89 Å². The van der Waals surface area contributed by atoms with Gasteiger partial charge in [0.1, 0.15) is 6.61 Å². The van der Waals surface area contributed by atoms with Crippen LogP contribution in [-0.4, -0.2) is 30.4 Å². The first-order valence-electron chi connectivity index (χ1n) is 12.4. The molecule has 6 nitrogen and oxygen atoms in total. The Bertz CT molecular complexity index is 1470. The average molecular weight is 578 g/mol. The zero-order valence-electron chi connectivity index (χ0n) is 21.9. The lowest BCUT2D eigenvalue weighted by atomic mass is 10.0. The molecule has 0 unspecified atom stereocenters. The van der Waals surface area contributed by atoms with Crippen molar-refractivity contribution in [1.82, 2.24) is 10.2 Å². The number of amidine groups is 1. The molecule has 1 aliphatic rings. The van der Waals surface area contributed by atoms with E-state index in [9.17, 15) is 31.1 Å². The highest BCUT2D eigenvalue weighted by Crippen LogP contribution is 2.38. The molecule has 12 heteroatoms. The summed E-state index contributed by atoms with van der Waals surface area (Å²) in [5.41, 5.74) is -1.34. The number of hydrogen-bond donors (Lipinski definition) is 1. The summed E-state index contributed by atoms with van der Waals surface area (Å²) in [6, 6.07) is 15.2. The number of halogens is 6. The number of carbonyl (C=O) groups is 1. The summed E-state index contributed by atoms with van der Waals surface area (Å²) in [6.07, 6.45) is -8.27. The van der Waals surface area contributed by atoms with Gasteiger partial charge in [0.05, 0.1) is 30.5 Å². The second kappa shape index (κ2) is 11.9. The van der Waals surface area contributed by atoms with Gasteiger partial charge in [0.25, 0.3) is 0 Å². The zero-order valence-corrected chi connectivity index (χ0v) is 21.9. The normalized spacial score (nSPS) is 15.9. The van der Waals surface area contributed by atoms with Crippen molar-refractivity contribution in [2.75, 3.05) is 13.7 Å². The summed E-state index contributed by atoms with van der Waals surface area (Å²) in [4.78, 5) is 18.6. The Morgan fingerprint density at radius 3 is 2.29 bits per heavy atom. The fourth-order valence-electron chi connectivity index (χ4n) is 4.15. The Morgan fingerprint density at radius 1 is 0.927 bits per heavy atom. The van der Waals surface area contributed by atoms with Crippen LogP contribution in [0.25, 0.3) is 6.08 Å². The third-order valence-electron chi connectivity index (χ3n) is 6.18. The molecule has 1 N–H and O–H groups in total. The zero-order chi connectivity index (χ0) is 29.8. The number of likely N-dealkylation sites (N-methyl/N-ethyl adjacent to an activating group) is 1. The van der Waals surface area contributed by atoms with E-state index in [0.29, 0.717) is 36.3 Å². The van der Waals surface area contributed by atoms with Crippen LogP contribution < -0.4 is 14.8 Å². The van der Waals surface area contributed by atoms with Crippen molar-refractivity contribution in [3.05, 3.63) is 100 Å². The maximum Gasteiger partial charge on any atom is 0.416 e. The first-order chi connectivity index (χ1) is 19.4. The quantitative estimate of drug-likeness (QED) is 0.286. The Hall–Kier alpha value is -4.48. The smallest absolute Gasteiger partial charge is 0.416 e. The van der Waals surface area contributed by atoms with Crippen molar-refractivity contribution in [1.29, 1.82) is 0 Å². The molecular formula is C29H25F6N3O3. The molecule has 0 bridgehead atoms. The number of amides is 2. The predicted octanol–water partition coefficient (Wildman–Crippen LogP) is 7.30. The molecule has 216 valence electrons. The monoisotopic (exact) mass is 577 g/mol. The second-order valence-corrected chi connectivity index (χ2v) is 8.92. The molecule has 4 rings (SSSR count). The van der Waals surface area contributed by atoms with Crippen LogP contribution >= 0.6 is 0 Å². The molecular weight excluding hydrogens is 552 g/mol. The number of nitrogens with zero attached hydrogens (tertiary/aromatic N) is 2. The van der Waals surface area contributed by atoms with Gasteiger partial charge in [0.2, 0.25) is 0 Å². The molecule has 2 amide bonds. The van der Waals surface area contributed by atoms with Crippen molar-refractivity contribution >= 4 is 17.9 Å². The van der Waals surface area contributed by atoms with Crippen LogP contribution in [0.3, 0.4) is 0 Å². The molecule has 1 fully saturated rings. The third-order valence-corrected chi connectivity index (χ3v) is 6.18. The predicted molar refractivity (Wildman–Crippen MR) is 140 cm³/mol. The lowest BCUT2D eigenvalue weighted by Gasteiger charge is -2.17. The first-order valence-corrected chi connectivity index (χ1v) is 12.4. The van der Waals surface area contributed by atoms with E-state index in [1.807, 2.05) is 37.3 Å². The molecule has 0 radical (unpaired) electrons. The van der Waals surface area contributed by atoms with Crippen LogP contribution in [0.5, 0.6) is 11.5 Å². The van der Waals surface area contributed by atoms with E-state index in [0.717, 1.165) is 11.6 Å². The summed E-state index contributed by atoms with van der Waals surface area (Å²) in [7, 11) is 1.33. The standard InChI is InChI=1S/C29H25F6N3O3/c1-3-38-26(36-16-18-7-5-4-6-8-18)23(37-27(38)39)13-19-9-12-24(25(14-19)40-2)41-17-20-10-11-21(28(30,31)32)15-22(20)29(33,34)35/h4-15H,3,16-17H2,1-2H3,(H,37,39). The number of ether oxygens (including phenoxy) is 2.